The Labute approximate surface area is 108 Å². The summed E-state index contributed by atoms with van der Waals surface area (Å²) in [7, 11) is 0. The first kappa shape index (κ1) is 11.4. The number of aryl methyl sites for hydroxylation is 2. The zero-order valence-corrected chi connectivity index (χ0v) is 10.4. The molecule has 0 aromatic carbocycles. The van der Waals surface area contributed by atoms with Crippen molar-refractivity contribution >= 4 is 11.6 Å². The Morgan fingerprint density at radius 1 is 1.37 bits per heavy atom. The van der Waals surface area contributed by atoms with Gasteiger partial charge in [0, 0.05) is 12.6 Å². The molecule has 0 unspecified atom stereocenters. The van der Waals surface area contributed by atoms with Crippen LogP contribution in [-0.2, 0) is 0 Å². The summed E-state index contributed by atoms with van der Waals surface area (Å²) in [5, 5.41) is 4.09. The molecule has 7 nitrogen and oxygen atoms in total. The van der Waals surface area contributed by atoms with Crippen LogP contribution in [-0.4, -0.2) is 25.5 Å². The fraction of sp³-hybridized carbons (Fsp3) is 0.167. The minimum Gasteiger partial charge on any atom is -0.439 e. The molecule has 1 amide bonds. The summed E-state index contributed by atoms with van der Waals surface area (Å²) in [5.74, 6) is 0.533. The van der Waals surface area contributed by atoms with E-state index in [1.807, 2.05) is 13.0 Å². The molecule has 0 fully saturated rings. The van der Waals surface area contributed by atoms with Gasteiger partial charge in [-0.3, -0.25) is 4.79 Å². The second-order valence-electron chi connectivity index (χ2n) is 4.18. The third-order valence-corrected chi connectivity index (χ3v) is 2.79. The molecule has 0 spiro atoms. The number of rotatable bonds is 2. The standard InChI is InChI=1S/C12H11N5O2/c1-6-3-9(10-5-14-7(2)19-10)16-12-8(11(13)18)4-15-17(6)12/h3-5H,1-2H3,(H2,13,18). The summed E-state index contributed by atoms with van der Waals surface area (Å²) >= 11 is 0. The number of fused-ring (bicyclic) bond motifs is 1. The maximum atomic E-state index is 11.3. The average molecular weight is 257 g/mol. The fourth-order valence-corrected chi connectivity index (χ4v) is 1.89. The van der Waals surface area contributed by atoms with Crippen LogP contribution in [0.25, 0.3) is 17.1 Å². The molecule has 96 valence electrons. The quantitative estimate of drug-likeness (QED) is 0.741. The number of nitrogens with two attached hydrogens (primary N) is 1. The lowest BCUT2D eigenvalue weighted by Crippen LogP contribution is -2.11. The van der Waals surface area contributed by atoms with Gasteiger partial charge in [-0.05, 0) is 13.0 Å². The zero-order valence-electron chi connectivity index (χ0n) is 10.4. The van der Waals surface area contributed by atoms with E-state index in [9.17, 15) is 4.79 Å². The van der Waals surface area contributed by atoms with Gasteiger partial charge in [0.05, 0.1) is 12.4 Å². The Hall–Kier alpha value is -2.70. The van der Waals surface area contributed by atoms with E-state index in [0.717, 1.165) is 5.69 Å². The van der Waals surface area contributed by atoms with Crippen molar-refractivity contribution in [2.24, 2.45) is 5.73 Å². The van der Waals surface area contributed by atoms with Crippen LogP contribution in [0.15, 0.2) is 22.9 Å². The predicted molar refractivity (Wildman–Crippen MR) is 66.5 cm³/mol. The molecule has 2 N–H and O–H groups in total. The number of amides is 1. The molecule has 0 bridgehead atoms. The van der Waals surface area contributed by atoms with Crippen molar-refractivity contribution in [3.05, 3.63) is 35.6 Å². The lowest BCUT2D eigenvalue weighted by atomic mass is 10.2. The Balaban J connectivity index is 2.27. The average Bonchev–Trinajstić information content (AvgIpc) is 2.94. The van der Waals surface area contributed by atoms with E-state index in [1.54, 1.807) is 17.6 Å². The number of carbonyl (C=O) groups excluding carboxylic acids is 1. The van der Waals surface area contributed by atoms with Crippen LogP contribution in [0.5, 0.6) is 0 Å². The maximum absolute atomic E-state index is 11.3. The first-order chi connectivity index (χ1) is 9.06. The zero-order chi connectivity index (χ0) is 13.6. The molecule has 0 aliphatic rings. The summed E-state index contributed by atoms with van der Waals surface area (Å²) in [6.45, 7) is 3.61. The normalized spacial score (nSPS) is 11.1. The highest BCUT2D eigenvalue weighted by atomic mass is 16.4. The summed E-state index contributed by atoms with van der Waals surface area (Å²) in [6.07, 6.45) is 3.00. The Kier molecular flexibility index (Phi) is 2.34. The van der Waals surface area contributed by atoms with Crippen molar-refractivity contribution in [1.82, 2.24) is 19.6 Å². The monoisotopic (exact) mass is 257 g/mol. The number of primary amides is 1. The summed E-state index contributed by atoms with van der Waals surface area (Å²) in [4.78, 5) is 19.7. The molecular weight excluding hydrogens is 246 g/mol. The molecule has 0 saturated carbocycles. The Morgan fingerprint density at radius 2 is 2.16 bits per heavy atom. The van der Waals surface area contributed by atoms with E-state index in [0.29, 0.717) is 23.0 Å². The summed E-state index contributed by atoms with van der Waals surface area (Å²) in [5.41, 5.74) is 7.40. The molecule has 3 heterocycles. The molecule has 0 aliphatic carbocycles. The first-order valence-corrected chi connectivity index (χ1v) is 5.64. The van der Waals surface area contributed by atoms with Crippen LogP contribution in [0.1, 0.15) is 21.9 Å². The van der Waals surface area contributed by atoms with Gasteiger partial charge in [-0.15, -0.1) is 0 Å². The van der Waals surface area contributed by atoms with Crippen molar-refractivity contribution in [1.29, 1.82) is 0 Å². The molecule has 3 aromatic heterocycles. The van der Waals surface area contributed by atoms with E-state index >= 15 is 0 Å². The van der Waals surface area contributed by atoms with E-state index in [2.05, 4.69) is 15.1 Å². The molecule has 3 aromatic rings. The van der Waals surface area contributed by atoms with Gasteiger partial charge in [-0.1, -0.05) is 0 Å². The number of hydrogen-bond acceptors (Lipinski definition) is 5. The predicted octanol–water partition coefficient (Wildman–Crippen LogP) is 1.10. The molecular formula is C12H11N5O2. The van der Waals surface area contributed by atoms with Crippen molar-refractivity contribution in [3.8, 4) is 11.5 Å². The van der Waals surface area contributed by atoms with Crippen molar-refractivity contribution in [3.63, 3.8) is 0 Å². The highest BCUT2D eigenvalue weighted by Crippen LogP contribution is 2.21. The van der Waals surface area contributed by atoms with Gasteiger partial charge in [0.15, 0.2) is 17.3 Å². The second-order valence-corrected chi connectivity index (χ2v) is 4.18. The lowest BCUT2D eigenvalue weighted by Gasteiger charge is -2.02. The van der Waals surface area contributed by atoms with Crippen LogP contribution in [0, 0.1) is 13.8 Å². The van der Waals surface area contributed by atoms with Gasteiger partial charge in [0.1, 0.15) is 11.3 Å². The van der Waals surface area contributed by atoms with Crippen LogP contribution in [0.2, 0.25) is 0 Å². The maximum Gasteiger partial charge on any atom is 0.254 e. The number of nitrogens with zero attached hydrogens (tertiary/aromatic N) is 4. The van der Waals surface area contributed by atoms with Gasteiger partial charge in [0.25, 0.3) is 5.91 Å². The summed E-state index contributed by atoms with van der Waals surface area (Å²) in [6, 6.07) is 1.81. The molecule has 0 saturated heterocycles. The van der Waals surface area contributed by atoms with Crippen molar-refractivity contribution in [2.75, 3.05) is 0 Å². The van der Waals surface area contributed by atoms with Crippen molar-refractivity contribution in [2.45, 2.75) is 13.8 Å². The van der Waals surface area contributed by atoms with E-state index in [1.165, 1.54) is 6.20 Å². The smallest absolute Gasteiger partial charge is 0.254 e. The highest BCUT2D eigenvalue weighted by Gasteiger charge is 2.15. The van der Waals surface area contributed by atoms with Crippen LogP contribution >= 0.6 is 0 Å². The topological polar surface area (TPSA) is 99.3 Å². The summed E-state index contributed by atoms with van der Waals surface area (Å²) < 4.78 is 6.99. The van der Waals surface area contributed by atoms with Crippen LogP contribution in [0.3, 0.4) is 0 Å². The largest absolute Gasteiger partial charge is 0.439 e. The van der Waals surface area contributed by atoms with Gasteiger partial charge in [-0.25, -0.2) is 14.5 Å². The van der Waals surface area contributed by atoms with E-state index in [-0.39, 0.29) is 5.56 Å². The number of hydrogen-bond donors (Lipinski definition) is 1. The molecule has 7 heteroatoms. The van der Waals surface area contributed by atoms with Crippen molar-refractivity contribution < 1.29 is 9.21 Å². The first-order valence-electron chi connectivity index (χ1n) is 5.64. The highest BCUT2D eigenvalue weighted by molar-refractivity contribution is 5.98. The molecule has 0 aliphatic heterocycles. The second kappa shape index (κ2) is 3.91. The third-order valence-electron chi connectivity index (χ3n) is 2.79. The Morgan fingerprint density at radius 3 is 2.79 bits per heavy atom. The molecule has 0 atom stereocenters. The molecule has 0 radical (unpaired) electrons. The van der Waals surface area contributed by atoms with Gasteiger partial charge < -0.3 is 10.2 Å². The number of oxazole rings is 1. The SMILES string of the molecule is Cc1ncc(-c2cc(C)n3ncc(C(N)=O)c3n2)o1. The van der Waals surface area contributed by atoms with Gasteiger partial charge in [-0.2, -0.15) is 5.10 Å². The minimum atomic E-state index is -0.562. The van der Waals surface area contributed by atoms with Gasteiger partial charge in [0.2, 0.25) is 0 Å². The molecule has 19 heavy (non-hydrogen) atoms. The van der Waals surface area contributed by atoms with Crippen LogP contribution in [0.4, 0.5) is 0 Å². The van der Waals surface area contributed by atoms with E-state index < -0.39 is 5.91 Å². The number of aromatic nitrogens is 4. The molecule has 3 rings (SSSR count). The third kappa shape index (κ3) is 1.75. The van der Waals surface area contributed by atoms with Crippen LogP contribution < -0.4 is 5.73 Å². The van der Waals surface area contributed by atoms with Gasteiger partial charge >= 0.3 is 0 Å². The minimum absolute atomic E-state index is 0.279. The Bertz CT molecular complexity index is 787. The lowest BCUT2D eigenvalue weighted by molar-refractivity contribution is 0.100. The fourth-order valence-electron chi connectivity index (χ4n) is 1.89. The number of carbonyl (C=O) groups is 1. The van der Waals surface area contributed by atoms with E-state index in [4.69, 9.17) is 10.2 Å².